The van der Waals surface area contributed by atoms with Crippen LogP contribution in [0.1, 0.15) is 23.2 Å². The van der Waals surface area contributed by atoms with Crippen LogP contribution in [0, 0.1) is 0 Å². The number of hydrogen-bond acceptors (Lipinski definition) is 5. The van der Waals surface area contributed by atoms with E-state index in [1.165, 1.54) is 23.9 Å². The highest BCUT2D eigenvalue weighted by Gasteiger charge is 2.30. The minimum atomic E-state index is -3.78. The van der Waals surface area contributed by atoms with Crippen LogP contribution in [0.4, 0.5) is 0 Å². The van der Waals surface area contributed by atoms with Crippen molar-refractivity contribution < 1.29 is 13.2 Å². The average Bonchev–Trinajstić information content (AvgIpc) is 3.10. The third kappa shape index (κ3) is 4.00. The van der Waals surface area contributed by atoms with E-state index in [9.17, 15) is 13.2 Å². The Kier molecular flexibility index (Phi) is 4.89. The molecule has 0 spiro atoms. The van der Waals surface area contributed by atoms with E-state index in [1.54, 1.807) is 0 Å². The molecule has 1 heterocycles. The molecule has 23 heavy (non-hydrogen) atoms. The molecule has 1 aliphatic heterocycles. The number of nitrogens with zero attached hydrogens (tertiary/aromatic N) is 1. The predicted molar refractivity (Wildman–Crippen MR) is 92.0 cm³/mol. The quantitative estimate of drug-likeness (QED) is 0.820. The fourth-order valence-corrected chi connectivity index (χ4v) is 4.86. The van der Waals surface area contributed by atoms with Crippen LogP contribution in [0.3, 0.4) is 0 Å². The second-order valence-electron chi connectivity index (χ2n) is 5.15. The zero-order valence-corrected chi connectivity index (χ0v) is 14.9. The lowest BCUT2D eigenvalue weighted by Crippen LogP contribution is -2.29. The van der Waals surface area contributed by atoms with E-state index in [0.717, 1.165) is 18.6 Å². The number of amides is 1. The Morgan fingerprint density at radius 2 is 2.00 bits per heavy atom. The number of hydrogen-bond donors (Lipinski definition) is 2. The van der Waals surface area contributed by atoms with Gasteiger partial charge in [-0.25, -0.2) is 13.1 Å². The van der Waals surface area contributed by atoms with Gasteiger partial charge in [0, 0.05) is 11.8 Å². The van der Waals surface area contributed by atoms with Gasteiger partial charge in [0.15, 0.2) is 5.17 Å². The monoisotopic (exact) mass is 393 g/mol. The summed E-state index contributed by atoms with van der Waals surface area (Å²) >= 11 is 13.5. The van der Waals surface area contributed by atoms with Crippen LogP contribution in [0.2, 0.25) is 10.0 Å². The largest absolute Gasteiger partial charge is 0.301 e. The van der Waals surface area contributed by atoms with Crippen LogP contribution < -0.4 is 10.0 Å². The summed E-state index contributed by atoms with van der Waals surface area (Å²) in [6.07, 6.45) is 1.60. The number of amidine groups is 1. The van der Waals surface area contributed by atoms with Gasteiger partial charge in [0.1, 0.15) is 4.90 Å². The molecule has 0 unspecified atom stereocenters. The minimum Gasteiger partial charge on any atom is -0.301 e. The summed E-state index contributed by atoms with van der Waals surface area (Å²) in [5.74, 6) is 0.289. The maximum absolute atomic E-state index is 12.3. The summed E-state index contributed by atoms with van der Waals surface area (Å²) in [6, 6.07) is 2.40. The van der Waals surface area contributed by atoms with Gasteiger partial charge in [-0.15, -0.1) is 0 Å². The Labute approximate surface area is 148 Å². The highest BCUT2D eigenvalue weighted by molar-refractivity contribution is 8.14. The topological polar surface area (TPSA) is 87.6 Å². The molecule has 0 radical (unpaired) electrons. The van der Waals surface area contributed by atoms with E-state index in [2.05, 4.69) is 15.0 Å². The molecule has 1 fully saturated rings. The van der Waals surface area contributed by atoms with Gasteiger partial charge in [0.25, 0.3) is 5.91 Å². The minimum absolute atomic E-state index is 0.0210. The van der Waals surface area contributed by atoms with Crippen molar-refractivity contribution in [1.82, 2.24) is 10.0 Å². The summed E-state index contributed by atoms with van der Waals surface area (Å²) < 4.78 is 27.2. The van der Waals surface area contributed by atoms with Gasteiger partial charge < -0.3 is 5.32 Å². The molecule has 124 valence electrons. The Morgan fingerprint density at radius 3 is 2.61 bits per heavy atom. The lowest BCUT2D eigenvalue weighted by Gasteiger charge is -2.11. The number of rotatable bonds is 4. The molecule has 1 saturated carbocycles. The van der Waals surface area contributed by atoms with Crippen molar-refractivity contribution in [3.8, 4) is 0 Å². The first-order valence-corrected chi connectivity index (χ1v) is 10.1. The smallest absolute Gasteiger partial charge is 0.258 e. The van der Waals surface area contributed by atoms with Gasteiger partial charge >= 0.3 is 0 Å². The first kappa shape index (κ1) is 17.0. The number of nitrogens with one attached hydrogen (secondary N) is 2. The van der Waals surface area contributed by atoms with Crippen molar-refractivity contribution in [3.05, 3.63) is 27.7 Å². The lowest BCUT2D eigenvalue weighted by molar-refractivity contribution is 0.0978. The van der Waals surface area contributed by atoms with Gasteiger partial charge in [-0.3, -0.25) is 9.79 Å². The molecule has 3 rings (SSSR count). The molecule has 0 aromatic heterocycles. The van der Waals surface area contributed by atoms with Crippen LogP contribution in [0.5, 0.6) is 0 Å². The van der Waals surface area contributed by atoms with Gasteiger partial charge in [0.2, 0.25) is 10.0 Å². The third-order valence-electron chi connectivity index (χ3n) is 3.26. The van der Waals surface area contributed by atoms with Crippen LogP contribution in [-0.4, -0.2) is 37.8 Å². The highest BCUT2D eigenvalue weighted by Crippen LogP contribution is 2.30. The van der Waals surface area contributed by atoms with Crippen molar-refractivity contribution in [2.24, 2.45) is 4.99 Å². The van der Waals surface area contributed by atoms with E-state index >= 15 is 0 Å². The van der Waals surface area contributed by atoms with E-state index in [4.69, 9.17) is 23.2 Å². The number of aliphatic imine (C=N–C) groups is 1. The molecule has 0 saturated heterocycles. The lowest BCUT2D eigenvalue weighted by atomic mass is 10.2. The van der Waals surface area contributed by atoms with E-state index in [0.29, 0.717) is 11.7 Å². The van der Waals surface area contributed by atoms with Crippen LogP contribution in [0.25, 0.3) is 0 Å². The predicted octanol–water partition coefficient (Wildman–Crippen LogP) is 2.27. The normalized spacial score (nSPS) is 17.9. The molecule has 2 aliphatic rings. The Bertz CT molecular complexity index is 792. The van der Waals surface area contributed by atoms with E-state index in [-0.39, 0.29) is 26.5 Å². The van der Waals surface area contributed by atoms with Crippen molar-refractivity contribution in [1.29, 1.82) is 0 Å². The maximum Gasteiger partial charge on any atom is 0.258 e. The molecule has 1 aromatic rings. The fourth-order valence-electron chi connectivity index (χ4n) is 1.97. The Balaban J connectivity index is 1.91. The molecule has 1 aromatic carbocycles. The average molecular weight is 394 g/mol. The summed E-state index contributed by atoms with van der Waals surface area (Å²) in [7, 11) is -3.78. The van der Waals surface area contributed by atoms with Gasteiger partial charge in [-0.05, 0) is 25.0 Å². The van der Waals surface area contributed by atoms with Crippen LogP contribution in [-0.2, 0) is 10.0 Å². The zero-order valence-electron chi connectivity index (χ0n) is 11.8. The molecule has 2 N–H and O–H groups in total. The fraction of sp³-hybridized carbons (Fsp3) is 0.385. The molecule has 10 heteroatoms. The van der Waals surface area contributed by atoms with Crippen molar-refractivity contribution in [3.63, 3.8) is 0 Å². The standard InChI is InChI=1S/C13H13Cl2N3O3S2/c14-9-6-10(15)11(23(20,21)18-7-1-2-7)5-8(9)12(19)17-13-16-3-4-22-13/h5-7,18H,1-4H2,(H,16,17,19). The Morgan fingerprint density at radius 1 is 1.26 bits per heavy atom. The molecule has 1 amide bonds. The number of thioether (sulfide) groups is 1. The van der Waals surface area contributed by atoms with Crippen LogP contribution >= 0.6 is 35.0 Å². The zero-order chi connectivity index (χ0) is 16.6. The van der Waals surface area contributed by atoms with Crippen LogP contribution in [0.15, 0.2) is 22.0 Å². The van der Waals surface area contributed by atoms with Gasteiger partial charge in [-0.2, -0.15) is 0 Å². The number of sulfonamides is 1. The van der Waals surface area contributed by atoms with Gasteiger partial charge in [-0.1, -0.05) is 35.0 Å². The van der Waals surface area contributed by atoms with E-state index in [1.807, 2.05) is 0 Å². The summed E-state index contributed by atoms with van der Waals surface area (Å²) in [5.41, 5.74) is 0.0439. The Hall–Kier alpha value is -0.800. The number of halogens is 2. The molecular formula is C13H13Cl2N3O3S2. The summed E-state index contributed by atoms with van der Waals surface area (Å²) in [6.45, 7) is 0.638. The number of carbonyl (C=O) groups is 1. The molecule has 0 atom stereocenters. The van der Waals surface area contributed by atoms with Gasteiger partial charge in [0.05, 0.1) is 22.2 Å². The SMILES string of the molecule is O=C(NC1=NCCS1)c1cc(S(=O)(=O)NC2CC2)c(Cl)cc1Cl. The number of carbonyl (C=O) groups excluding carboxylic acids is 1. The second-order valence-corrected chi connectivity index (χ2v) is 8.73. The van der Waals surface area contributed by atoms with Crippen molar-refractivity contribution in [2.75, 3.05) is 12.3 Å². The van der Waals surface area contributed by atoms with E-state index < -0.39 is 15.9 Å². The molecular weight excluding hydrogens is 381 g/mol. The second kappa shape index (κ2) is 6.60. The first-order valence-electron chi connectivity index (χ1n) is 6.87. The third-order valence-corrected chi connectivity index (χ3v) is 6.45. The van der Waals surface area contributed by atoms with Crippen molar-refractivity contribution in [2.45, 2.75) is 23.8 Å². The highest BCUT2D eigenvalue weighted by atomic mass is 35.5. The first-order chi connectivity index (χ1) is 10.9. The molecule has 0 bridgehead atoms. The summed E-state index contributed by atoms with van der Waals surface area (Å²) in [5, 5.41) is 3.18. The molecule has 1 aliphatic carbocycles. The summed E-state index contributed by atoms with van der Waals surface area (Å²) in [4.78, 5) is 16.3. The number of benzene rings is 1. The maximum atomic E-state index is 12.3. The molecule has 6 nitrogen and oxygen atoms in total. The van der Waals surface area contributed by atoms with Crippen molar-refractivity contribution >= 4 is 56.1 Å².